The summed E-state index contributed by atoms with van der Waals surface area (Å²) >= 11 is 3.46. The number of hydrogen-bond acceptors (Lipinski definition) is 2. The van der Waals surface area contributed by atoms with E-state index in [1.165, 1.54) is 11.1 Å². The highest BCUT2D eigenvalue weighted by Gasteiger charge is 2.22. The molecule has 1 heterocycles. The molecule has 0 atom stereocenters. The van der Waals surface area contributed by atoms with Crippen LogP contribution in [0.2, 0.25) is 0 Å². The molecule has 0 unspecified atom stereocenters. The Kier molecular flexibility index (Phi) is 4.07. The quantitative estimate of drug-likeness (QED) is 0.838. The van der Waals surface area contributed by atoms with Crippen molar-refractivity contribution in [3.8, 4) is 11.1 Å². The van der Waals surface area contributed by atoms with Gasteiger partial charge in [0.15, 0.2) is 0 Å². The molecular formula is C16H19BrN2. The van der Waals surface area contributed by atoms with Crippen molar-refractivity contribution in [2.45, 2.75) is 19.4 Å². The molecule has 2 nitrogen and oxygen atoms in total. The summed E-state index contributed by atoms with van der Waals surface area (Å²) in [6.45, 7) is 4.45. The van der Waals surface area contributed by atoms with Crippen LogP contribution in [0.4, 0.5) is 0 Å². The van der Waals surface area contributed by atoms with Gasteiger partial charge in [0.2, 0.25) is 0 Å². The lowest BCUT2D eigenvalue weighted by atomic mass is 9.91. The normalized spacial score (nSPS) is 11.9. The first-order valence-electron chi connectivity index (χ1n) is 6.30. The average molecular weight is 319 g/mol. The molecule has 0 aliphatic heterocycles. The van der Waals surface area contributed by atoms with E-state index in [2.05, 4.69) is 84.1 Å². The molecular weight excluding hydrogens is 300 g/mol. The number of aromatic nitrogens is 1. The minimum absolute atomic E-state index is 0.0358. The Labute approximate surface area is 123 Å². The maximum atomic E-state index is 4.20. The van der Waals surface area contributed by atoms with Crippen molar-refractivity contribution in [3.05, 3.63) is 52.8 Å². The van der Waals surface area contributed by atoms with E-state index in [-0.39, 0.29) is 5.54 Å². The van der Waals surface area contributed by atoms with Crippen LogP contribution in [0.15, 0.2) is 47.2 Å². The van der Waals surface area contributed by atoms with Crippen molar-refractivity contribution in [3.63, 3.8) is 0 Å². The lowest BCUT2D eigenvalue weighted by molar-refractivity contribution is 0.198. The van der Waals surface area contributed by atoms with Crippen LogP contribution >= 0.6 is 15.9 Å². The fourth-order valence-corrected chi connectivity index (χ4v) is 2.26. The van der Waals surface area contributed by atoms with Crippen molar-refractivity contribution >= 4 is 15.9 Å². The van der Waals surface area contributed by atoms with Crippen molar-refractivity contribution in [2.24, 2.45) is 0 Å². The van der Waals surface area contributed by atoms with Crippen molar-refractivity contribution < 1.29 is 0 Å². The maximum absolute atomic E-state index is 4.20. The average Bonchev–Trinajstić information content (AvgIpc) is 2.38. The van der Waals surface area contributed by atoms with Crippen LogP contribution in [0, 0.1) is 0 Å². The second-order valence-corrected chi connectivity index (χ2v) is 6.34. The van der Waals surface area contributed by atoms with Gasteiger partial charge < -0.3 is 4.90 Å². The molecule has 0 amide bonds. The number of benzene rings is 1. The molecule has 1 aromatic heterocycles. The van der Waals surface area contributed by atoms with E-state index in [4.69, 9.17) is 0 Å². The van der Waals surface area contributed by atoms with E-state index < -0.39 is 0 Å². The highest BCUT2D eigenvalue weighted by atomic mass is 79.9. The zero-order chi connectivity index (χ0) is 14.0. The summed E-state index contributed by atoms with van der Waals surface area (Å²) in [6.07, 6.45) is 3.68. The van der Waals surface area contributed by atoms with Crippen LogP contribution in [0.3, 0.4) is 0 Å². The Morgan fingerprint density at radius 2 is 1.63 bits per heavy atom. The third-order valence-electron chi connectivity index (χ3n) is 3.75. The van der Waals surface area contributed by atoms with Gasteiger partial charge in [-0.3, -0.25) is 4.98 Å². The minimum atomic E-state index is 0.0358. The molecule has 2 rings (SSSR count). The number of nitrogens with zero attached hydrogens (tertiary/aromatic N) is 2. The molecule has 0 saturated carbocycles. The fraction of sp³-hybridized carbons (Fsp3) is 0.312. The van der Waals surface area contributed by atoms with Crippen LogP contribution in [0.25, 0.3) is 11.1 Å². The van der Waals surface area contributed by atoms with Gasteiger partial charge in [0, 0.05) is 28.0 Å². The smallest absolute Gasteiger partial charge is 0.0410 e. The first-order valence-corrected chi connectivity index (χ1v) is 7.09. The van der Waals surface area contributed by atoms with Crippen molar-refractivity contribution in [1.29, 1.82) is 0 Å². The molecule has 100 valence electrons. The number of rotatable bonds is 3. The molecule has 1 aromatic carbocycles. The number of halogens is 1. The molecule has 0 fully saturated rings. The van der Waals surface area contributed by atoms with E-state index in [1.807, 2.05) is 6.20 Å². The standard InChI is InChI=1S/C16H19BrN2/c1-16(2,19(3)4)14-7-5-12(6-8-14)13-9-15(17)11-18-10-13/h5-11H,1-4H3. The van der Waals surface area contributed by atoms with Gasteiger partial charge in [-0.15, -0.1) is 0 Å². The first kappa shape index (κ1) is 14.2. The Morgan fingerprint density at radius 1 is 1.00 bits per heavy atom. The summed E-state index contributed by atoms with van der Waals surface area (Å²) in [4.78, 5) is 6.43. The summed E-state index contributed by atoms with van der Waals surface area (Å²) in [5, 5.41) is 0. The van der Waals surface area contributed by atoms with E-state index >= 15 is 0 Å². The molecule has 0 saturated heterocycles. The summed E-state index contributed by atoms with van der Waals surface area (Å²) in [5.74, 6) is 0. The molecule has 0 radical (unpaired) electrons. The van der Waals surface area contributed by atoms with Gasteiger partial charge in [0.1, 0.15) is 0 Å². The Balaban J connectivity index is 2.34. The summed E-state index contributed by atoms with van der Waals surface area (Å²) in [5.41, 5.74) is 3.66. The molecule has 0 N–H and O–H groups in total. The Morgan fingerprint density at radius 3 is 2.16 bits per heavy atom. The highest BCUT2D eigenvalue weighted by Crippen LogP contribution is 2.28. The van der Waals surface area contributed by atoms with E-state index in [1.54, 1.807) is 6.20 Å². The zero-order valence-electron chi connectivity index (χ0n) is 11.8. The third kappa shape index (κ3) is 3.04. The van der Waals surface area contributed by atoms with Gasteiger partial charge in [-0.1, -0.05) is 24.3 Å². The van der Waals surface area contributed by atoms with Gasteiger partial charge in [-0.05, 0) is 61.1 Å². The monoisotopic (exact) mass is 318 g/mol. The van der Waals surface area contributed by atoms with Gasteiger partial charge in [-0.2, -0.15) is 0 Å². The lowest BCUT2D eigenvalue weighted by Crippen LogP contribution is -2.35. The van der Waals surface area contributed by atoms with Crippen LogP contribution in [0.5, 0.6) is 0 Å². The lowest BCUT2D eigenvalue weighted by Gasteiger charge is -2.33. The largest absolute Gasteiger partial charge is 0.300 e. The summed E-state index contributed by atoms with van der Waals surface area (Å²) in [6, 6.07) is 10.8. The van der Waals surface area contributed by atoms with E-state index in [0.717, 1.165) is 10.0 Å². The third-order valence-corrected chi connectivity index (χ3v) is 4.18. The zero-order valence-corrected chi connectivity index (χ0v) is 13.4. The predicted molar refractivity (Wildman–Crippen MR) is 84.1 cm³/mol. The van der Waals surface area contributed by atoms with Crippen LogP contribution < -0.4 is 0 Å². The maximum Gasteiger partial charge on any atom is 0.0410 e. The Hall–Kier alpha value is -1.19. The first-order chi connectivity index (χ1) is 8.91. The summed E-state index contributed by atoms with van der Waals surface area (Å²) in [7, 11) is 4.21. The molecule has 0 spiro atoms. The van der Waals surface area contributed by atoms with Crippen molar-refractivity contribution in [2.75, 3.05) is 14.1 Å². The van der Waals surface area contributed by atoms with Crippen LogP contribution in [0.1, 0.15) is 19.4 Å². The highest BCUT2D eigenvalue weighted by molar-refractivity contribution is 9.10. The van der Waals surface area contributed by atoms with E-state index in [9.17, 15) is 0 Å². The van der Waals surface area contributed by atoms with Gasteiger partial charge >= 0.3 is 0 Å². The fourth-order valence-electron chi connectivity index (χ4n) is 1.90. The van der Waals surface area contributed by atoms with Gasteiger partial charge in [-0.25, -0.2) is 0 Å². The molecule has 0 aliphatic carbocycles. The van der Waals surface area contributed by atoms with Gasteiger partial charge in [0.05, 0.1) is 0 Å². The van der Waals surface area contributed by atoms with Gasteiger partial charge in [0.25, 0.3) is 0 Å². The molecule has 0 aliphatic rings. The number of pyridine rings is 1. The topological polar surface area (TPSA) is 16.1 Å². The number of hydrogen-bond donors (Lipinski definition) is 0. The van der Waals surface area contributed by atoms with Crippen molar-refractivity contribution in [1.82, 2.24) is 9.88 Å². The molecule has 3 heteroatoms. The Bertz CT molecular complexity index is 559. The van der Waals surface area contributed by atoms with E-state index in [0.29, 0.717) is 0 Å². The summed E-state index contributed by atoms with van der Waals surface area (Å²) < 4.78 is 1.00. The minimum Gasteiger partial charge on any atom is -0.300 e. The van der Waals surface area contributed by atoms with Crippen LogP contribution in [-0.2, 0) is 5.54 Å². The second-order valence-electron chi connectivity index (χ2n) is 5.42. The molecule has 0 bridgehead atoms. The molecule has 19 heavy (non-hydrogen) atoms. The second kappa shape index (κ2) is 5.43. The molecule has 2 aromatic rings. The SMILES string of the molecule is CN(C)C(C)(C)c1ccc(-c2cncc(Br)c2)cc1. The predicted octanol–water partition coefficient (Wildman–Crippen LogP) is 4.31. The van der Waals surface area contributed by atoms with Crippen LogP contribution in [-0.4, -0.2) is 24.0 Å².